The first-order valence-corrected chi connectivity index (χ1v) is 6.55. The van der Waals surface area contributed by atoms with Crippen molar-refractivity contribution in [3.8, 4) is 0 Å². The van der Waals surface area contributed by atoms with Crippen LogP contribution < -0.4 is 5.32 Å². The highest BCUT2D eigenvalue weighted by Gasteiger charge is 2.42. The number of hydrogen-bond acceptors (Lipinski definition) is 2. The van der Waals surface area contributed by atoms with Crippen LogP contribution in [0.1, 0.15) is 52.9 Å². The van der Waals surface area contributed by atoms with Crippen molar-refractivity contribution >= 4 is 0 Å². The second-order valence-corrected chi connectivity index (χ2v) is 4.66. The van der Waals surface area contributed by atoms with E-state index in [0.29, 0.717) is 6.04 Å². The maximum absolute atomic E-state index is 6.08. The van der Waals surface area contributed by atoms with Crippen LogP contribution >= 0.6 is 0 Å². The predicted molar refractivity (Wildman–Crippen MR) is 65.1 cm³/mol. The van der Waals surface area contributed by atoms with Crippen LogP contribution in [0, 0.1) is 5.92 Å². The number of rotatable bonds is 7. The maximum atomic E-state index is 6.08. The minimum atomic E-state index is 0.0641. The summed E-state index contributed by atoms with van der Waals surface area (Å²) in [5.74, 6) is 0.835. The first-order chi connectivity index (χ1) is 7.24. The molecule has 0 radical (unpaired) electrons. The lowest BCUT2D eigenvalue weighted by atomic mass is 9.71. The largest absolute Gasteiger partial charge is 0.374 e. The molecule has 1 atom stereocenters. The highest BCUT2D eigenvalue weighted by atomic mass is 16.5. The van der Waals surface area contributed by atoms with Gasteiger partial charge in [-0.1, -0.05) is 20.3 Å². The first-order valence-electron chi connectivity index (χ1n) is 6.55. The van der Waals surface area contributed by atoms with Gasteiger partial charge >= 0.3 is 0 Å². The Morgan fingerprint density at radius 3 is 2.13 bits per heavy atom. The van der Waals surface area contributed by atoms with Gasteiger partial charge in [-0.2, -0.15) is 0 Å². The van der Waals surface area contributed by atoms with Gasteiger partial charge in [0, 0.05) is 12.6 Å². The van der Waals surface area contributed by atoms with Crippen LogP contribution in [0.2, 0.25) is 0 Å². The molecular formula is C13H27NO. The van der Waals surface area contributed by atoms with Gasteiger partial charge in [0.1, 0.15) is 0 Å². The number of nitrogens with one attached hydrogen (secondary N) is 1. The average molecular weight is 213 g/mol. The van der Waals surface area contributed by atoms with E-state index in [1.807, 2.05) is 0 Å². The van der Waals surface area contributed by atoms with Gasteiger partial charge in [0.05, 0.1) is 5.60 Å². The van der Waals surface area contributed by atoms with Gasteiger partial charge in [-0.05, 0) is 45.6 Å². The summed E-state index contributed by atoms with van der Waals surface area (Å²) in [6, 6.07) is 0.543. The van der Waals surface area contributed by atoms with Gasteiger partial charge in [0.2, 0.25) is 0 Å². The second-order valence-electron chi connectivity index (χ2n) is 4.66. The number of ether oxygens (including phenoxy) is 1. The number of likely N-dealkylation sites (N-methyl/N-ethyl adjacent to an activating group) is 1. The smallest absolute Gasteiger partial charge is 0.0831 e. The minimum Gasteiger partial charge on any atom is -0.374 e. The maximum Gasteiger partial charge on any atom is 0.0831 e. The molecule has 0 saturated heterocycles. The second kappa shape index (κ2) is 5.86. The molecule has 1 fully saturated rings. The molecule has 0 bridgehead atoms. The van der Waals surface area contributed by atoms with Crippen LogP contribution in [0.5, 0.6) is 0 Å². The molecule has 1 aliphatic rings. The molecule has 2 heteroatoms. The highest BCUT2D eigenvalue weighted by molar-refractivity contribution is 4.97. The quantitative estimate of drug-likeness (QED) is 0.702. The van der Waals surface area contributed by atoms with E-state index in [1.54, 1.807) is 0 Å². The molecule has 0 spiro atoms. The van der Waals surface area contributed by atoms with Gasteiger partial charge in [-0.25, -0.2) is 0 Å². The lowest BCUT2D eigenvalue weighted by Crippen LogP contribution is -2.56. The summed E-state index contributed by atoms with van der Waals surface area (Å²) in [4.78, 5) is 0. The lowest BCUT2D eigenvalue weighted by Gasteiger charge is -2.46. The molecule has 0 amide bonds. The molecule has 1 unspecified atom stereocenters. The molecule has 90 valence electrons. The van der Waals surface area contributed by atoms with Crippen molar-refractivity contribution in [1.82, 2.24) is 5.32 Å². The molecule has 1 N–H and O–H groups in total. The molecule has 1 saturated carbocycles. The Bertz CT molecular complexity index is 173. The van der Waals surface area contributed by atoms with Crippen molar-refractivity contribution in [3.05, 3.63) is 0 Å². The van der Waals surface area contributed by atoms with E-state index in [1.165, 1.54) is 19.3 Å². The summed E-state index contributed by atoms with van der Waals surface area (Å²) in [7, 11) is 2.09. The Kier molecular flexibility index (Phi) is 5.07. The van der Waals surface area contributed by atoms with Crippen LogP contribution in [-0.2, 0) is 4.74 Å². The van der Waals surface area contributed by atoms with E-state index in [2.05, 4.69) is 33.1 Å². The fourth-order valence-corrected chi connectivity index (χ4v) is 2.97. The molecule has 1 rings (SSSR count). The summed E-state index contributed by atoms with van der Waals surface area (Å²) in [6.45, 7) is 7.43. The van der Waals surface area contributed by atoms with Crippen LogP contribution in [-0.4, -0.2) is 25.3 Å². The molecule has 0 aromatic carbocycles. The summed E-state index contributed by atoms with van der Waals surface area (Å²) in [5.41, 5.74) is 0.0641. The zero-order valence-electron chi connectivity index (χ0n) is 10.8. The Balaban J connectivity index is 2.72. The van der Waals surface area contributed by atoms with Crippen molar-refractivity contribution in [3.63, 3.8) is 0 Å². The van der Waals surface area contributed by atoms with E-state index in [9.17, 15) is 0 Å². The monoisotopic (exact) mass is 213 g/mol. The third-order valence-corrected chi connectivity index (χ3v) is 4.13. The van der Waals surface area contributed by atoms with Gasteiger partial charge in [0.25, 0.3) is 0 Å². The molecule has 0 heterocycles. The molecule has 15 heavy (non-hydrogen) atoms. The van der Waals surface area contributed by atoms with Crippen LogP contribution in [0.3, 0.4) is 0 Å². The SMILES string of the molecule is CCOC(CC)(CC)C(NC)C1CCC1. The van der Waals surface area contributed by atoms with E-state index >= 15 is 0 Å². The normalized spacial score (nSPS) is 20.0. The lowest BCUT2D eigenvalue weighted by molar-refractivity contribution is -0.0919. The predicted octanol–water partition coefficient (Wildman–Crippen LogP) is 2.97. The summed E-state index contributed by atoms with van der Waals surface area (Å²) < 4.78 is 6.08. The topological polar surface area (TPSA) is 21.3 Å². The minimum absolute atomic E-state index is 0.0641. The third kappa shape index (κ3) is 2.54. The van der Waals surface area contributed by atoms with E-state index in [-0.39, 0.29) is 5.60 Å². The van der Waals surface area contributed by atoms with E-state index < -0.39 is 0 Å². The van der Waals surface area contributed by atoms with E-state index in [4.69, 9.17) is 4.74 Å². The van der Waals surface area contributed by atoms with Gasteiger partial charge in [0.15, 0.2) is 0 Å². The zero-order valence-corrected chi connectivity index (χ0v) is 10.8. The first kappa shape index (κ1) is 13.0. The van der Waals surface area contributed by atoms with Gasteiger partial charge in [-0.3, -0.25) is 0 Å². The van der Waals surface area contributed by atoms with Crippen LogP contribution in [0.15, 0.2) is 0 Å². The number of hydrogen-bond donors (Lipinski definition) is 1. The zero-order chi connectivity index (χ0) is 11.3. The molecule has 0 aromatic heterocycles. The Hall–Kier alpha value is -0.0800. The summed E-state index contributed by atoms with van der Waals surface area (Å²) in [6.07, 6.45) is 6.37. The highest BCUT2D eigenvalue weighted by Crippen LogP contribution is 2.38. The fourth-order valence-electron chi connectivity index (χ4n) is 2.97. The average Bonchev–Trinajstić information content (AvgIpc) is 2.20. The molecule has 1 aliphatic carbocycles. The Morgan fingerprint density at radius 1 is 1.27 bits per heavy atom. The third-order valence-electron chi connectivity index (χ3n) is 4.13. The molecule has 0 aromatic rings. The summed E-state index contributed by atoms with van der Waals surface area (Å²) in [5, 5.41) is 3.51. The van der Waals surface area contributed by atoms with Crippen molar-refractivity contribution in [2.24, 2.45) is 5.92 Å². The molecular weight excluding hydrogens is 186 g/mol. The standard InChI is InChI=1S/C13H27NO/c1-5-13(6-2,15-7-3)12(14-4)11-9-8-10-11/h11-12,14H,5-10H2,1-4H3. The van der Waals surface area contributed by atoms with Crippen molar-refractivity contribution in [2.45, 2.75) is 64.5 Å². The van der Waals surface area contributed by atoms with Crippen LogP contribution in [0.25, 0.3) is 0 Å². The Labute approximate surface area is 94.8 Å². The van der Waals surface area contributed by atoms with E-state index in [0.717, 1.165) is 25.4 Å². The molecule has 0 aliphatic heterocycles. The molecule has 2 nitrogen and oxygen atoms in total. The van der Waals surface area contributed by atoms with Gasteiger partial charge < -0.3 is 10.1 Å². The fraction of sp³-hybridized carbons (Fsp3) is 1.00. The van der Waals surface area contributed by atoms with Crippen LogP contribution in [0.4, 0.5) is 0 Å². The summed E-state index contributed by atoms with van der Waals surface area (Å²) >= 11 is 0. The Morgan fingerprint density at radius 2 is 1.87 bits per heavy atom. The van der Waals surface area contributed by atoms with Crippen molar-refractivity contribution < 1.29 is 4.74 Å². The van der Waals surface area contributed by atoms with Gasteiger partial charge in [-0.15, -0.1) is 0 Å². The van der Waals surface area contributed by atoms with Crippen molar-refractivity contribution in [1.29, 1.82) is 0 Å². The van der Waals surface area contributed by atoms with Crippen molar-refractivity contribution in [2.75, 3.05) is 13.7 Å².